The van der Waals surface area contributed by atoms with E-state index < -0.39 is 10.0 Å². The van der Waals surface area contributed by atoms with Crippen molar-refractivity contribution >= 4 is 27.3 Å². The molecule has 1 aromatic carbocycles. The molecule has 0 bridgehead atoms. The molecule has 158 valence electrons. The summed E-state index contributed by atoms with van der Waals surface area (Å²) in [6, 6.07) is 9.62. The van der Waals surface area contributed by atoms with Crippen LogP contribution in [-0.2, 0) is 21.3 Å². The first-order chi connectivity index (χ1) is 14.4. The lowest BCUT2D eigenvalue weighted by molar-refractivity contribution is 0.0730. The Balaban J connectivity index is 1.41. The van der Waals surface area contributed by atoms with Crippen LogP contribution < -0.4 is 5.32 Å². The number of nitrogens with one attached hydrogen (secondary N) is 1. The van der Waals surface area contributed by atoms with E-state index in [1.165, 1.54) is 39.9 Å². The second kappa shape index (κ2) is 8.68. The molecule has 1 fully saturated rings. The Morgan fingerprint density at radius 3 is 2.60 bits per heavy atom. The van der Waals surface area contributed by atoms with Gasteiger partial charge in [0.25, 0.3) is 5.91 Å². The Bertz CT molecular complexity index is 1120. The number of thiazole rings is 1. The van der Waals surface area contributed by atoms with Gasteiger partial charge in [0.2, 0.25) is 10.0 Å². The third kappa shape index (κ3) is 4.31. The molecular weight excluding hydrogens is 426 g/mol. The Hall–Kier alpha value is -2.53. The molecule has 8 nitrogen and oxygen atoms in total. The van der Waals surface area contributed by atoms with Crippen molar-refractivity contribution in [3.05, 3.63) is 58.8 Å². The van der Waals surface area contributed by atoms with Crippen molar-refractivity contribution in [2.75, 3.05) is 26.3 Å². The molecule has 1 N–H and O–H groups in total. The fraction of sp³-hybridized carbons (Fsp3) is 0.300. The zero-order chi connectivity index (χ0) is 21.1. The van der Waals surface area contributed by atoms with Crippen LogP contribution in [0.3, 0.4) is 0 Å². The van der Waals surface area contributed by atoms with Crippen LogP contribution in [0, 0.1) is 6.92 Å². The van der Waals surface area contributed by atoms with Gasteiger partial charge < -0.3 is 14.5 Å². The third-order valence-corrected chi connectivity index (χ3v) is 7.84. The third-order valence-electron chi connectivity index (χ3n) is 4.76. The predicted octanol–water partition coefficient (Wildman–Crippen LogP) is 2.66. The van der Waals surface area contributed by atoms with Crippen LogP contribution >= 0.6 is 11.3 Å². The molecule has 10 heteroatoms. The molecule has 2 aromatic heterocycles. The minimum atomic E-state index is -3.58. The van der Waals surface area contributed by atoms with Gasteiger partial charge in [-0.15, -0.1) is 11.3 Å². The molecule has 4 rings (SSSR count). The summed E-state index contributed by atoms with van der Waals surface area (Å²) in [5.41, 5.74) is 1.23. The van der Waals surface area contributed by atoms with Crippen LogP contribution in [0.4, 0.5) is 0 Å². The van der Waals surface area contributed by atoms with Crippen LogP contribution in [0.25, 0.3) is 10.8 Å². The summed E-state index contributed by atoms with van der Waals surface area (Å²) in [5.74, 6) is 0.412. The first kappa shape index (κ1) is 20.7. The Morgan fingerprint density at radius 2 is 1.93 bits per heavy atom. The van der Waals surface area contributed by atoms with Crippen molar-refractivity contribution in [2.45, 2.75) is 18.4 Å². The number of hydrogen-bond acceptors (Lipinski definition) is 7. The van der Waals surface area contributed by atoms with E-state index in [4.69, 9.17) is 9.15 Å². The molecule has 1 aliphatic heterocycles. The van der Waals surface area contributed by atoms with Crippen molar-refractivity contribution in [3.8, 4) is 10.8 Å². The number of nitrogens with zero attached hydrogens (tertiary/aromatic N) is 2. The molecular formula is C20H21N3O5S2. The first-order valence-electron chi connectivity index (χ1n) is 9.41. The Morgan fingerprint density at radius 1 is 1.20 bits per heavy atom. The monoisotopic (exact) mass is 447 g/mol. The second-order valence-electron chi connectivity index (χ2n) is 6.73. The van der Waals surface area contributed by atoms with Crippen LogP contribution in [0.2, 0.25) is 0 Å². The lowest BCUT2D eigenvalue weighted by Crippen LogP contribution is -2.40. The van der Waals surface area contributed by atoms with Crippen molar-refractivity contribution in [1.82, 2.24) is 14.6 Å². The first-order valence-corrected chi connectivity index (χ1v) is 11.7. The van der Waals surface area contributed by atoms with Crippen molar-refractivity contribution in [3.63, 3.8) is 0 Å². The number of rotatable bonds is 6. The summed E-state index contributed by atoms with van der Waals surface area (Å²) in [6.45, 7) is 3.65. The van der Waals surface area contributed by atoms with Gasteiger partial charge in [0.15, 0.2) is 10.8 Å². The molecule has 0 aliphatic carbocycles. The number of carbonyl (C=O) groups excluding carboxylic acids is 1. The lowest BCUT2D eigenvalue weighted by atomic mass is 10.2. The summed E-state index contributed by atoms with van der Waals surface area (Å²) < 4.78 is 37.3. The molecule has 1 amide bonds. The van der Waals surface area contributed by atoms with E-state index in [0.717, 1.165) is 15.6 Å². The molecule has 0 radical (unpaired) electrons. The van der Waals surface area contributed by atoms with Gasteiger partial charge in [-0.25, -0.2) is 13.4 Å². The number of aryl methyl sites for hydroxylation is 1. The number of hydrogen-bond donors (Lipinski definition) is 1. The summed E-state index contributed by atoms with van der Waals surface area (Å²) in [6.07, 6.45) is 1.59. The van der Waals surface area contributed by atoms with E-state index in [1.807, 2.05) is 13.0 Å². The van der Waals surface area contributed by atoms with Gasteiger partial charge in [0, 0.05) is 23.5 Å². The van der Waals surface area contributed by atoms with Crippen molar-refractivity contribution < 1.29 is 22.4 Å². The fourth-order valence-corrected chi connectivity index (χ4v) is 5.45. The van der Waals surface area contributed by atoms with Gasteiger partial charge in [-0.1, -0.05) is 0 Å². The van der Waals surface area contributed by atoms with Crippen LogP contribution in [0.5, 0.6) is 0 Å². The van der Waals surface area contributed by atoms with Crippen molar-refractivity contribution in [2.24, 2.45) is 0 Å². The lowest BCUT2D eigenvalue weighted by Gasteiger charge is -2.26. The molecule has 0 saturated carbocycles. The molecule has 0 spiro atoms. The number of aromatic nitrogens is 1. The second-order valence-corrected chi connectivity index (χ2v) is 9.75. The summed E-state index contributed by atoms with van der Waals surface area (Å²) in [4.78, 5) is 18.1. The number of amides is 1. The SMILES string of the molecule is Cc1nc(-c2ccco2)sc1CNC(=O)c1ccc(S(=O)(=O)N2CCOCC2)cc1. The highest BCUT2D eigenvalue weighted by molar-refractivity contribution is 7.89. The maximum atomic E-state index is 12.7. The van der Waals surface area contributed by atoms with Gasteiger partial charge in [-0.05, 0) is 43.3 Å². The zero-order valence-electron chi connectivity index (χ0n) is 16.3. The van der Waals surface area contributed by atoms with Crippen molar-refractivity contribution in [1.29, 1.82) is 0 Å². The number of morpholine rings is 1. The molecule has 1 saturated heterocycles. The van der Waals surface area contributed by atoms with E-state index in [0.29, 0.717) is 44.2 Å². The number of benzene rings is 1. The van der Waals surface area contributed by atoms with E-state index in [2.05, 4.69) is 10.3 Å². The number of furan rings is 1. The maximum absolute atomic E-state index is 12.7. The highest BCUT2D eigenvalue weighted by atomic mass is 32.2. The van der Waals surface area contributed by atoms with Gasteiger partial charge in [0.05, 0.1) is 36.6 Å². The number of sulfonamides is 1. The molecule has 3 heterocycles. The van der Waals surface area contributed by atoms with Crippen LogP contribution in [0.15, 0.2) is 52.0 Å². The largest absolute Gasteiger partial charge is 0.462 e. The van der Waals surface area contributed by atoms with E-state index in [1.54, 1.807) is 12.3 Å². The number of carbonyl (C=O) groups is 1. The topological polar surface area (TPSA) is 102 Å². The predicted molar refractivity (Wildman–Crippen MR) is 112 cm³/mol. The highest BCUT2D eigenvalue weighted by Gasteiger charge is 2.26. The van der Waals surface area contributed by atoms with E-state index >= 15 is 0 Å². The summed E-state index contributed by atoms with van der Waals surface area (Å²) in [5, 5.41) is 3.62. The van der Waals surface area contributed by atoms with Gasteiger partial charge >= 0.3 is 0 Å². The zero-order valence-corrected chi connectivity index (χ0v) is 18.0. The normalized spacial score (nSPS) is 15.2. The summed E-state index contributed by atoms with van der Waals surface area (Å²) in [7, 11) is -3.58. The standard InChI is InChI=1S/C20H21N3O5S2/c1-14-18(29-20(22-14)17-3-2-10-28-17)13-21-19(24)15-4-6-16(7-5-15)30(25,26)23-8-11-27-12-9-23/h2-7,10H,8-9,11-13H2,1H3,(H,21,24). The molecule has 30 heavy (non-hydrogen) atoms. The quantitative estimate of drug-likeness (QED) is 0.623. The summed E-state index contributed by atoms with van der Waals surface area (Å²) >= 11 is 1.46. The Kier molecular flexibility index (Phi) is 6.00. The average molecular weight is 448 g/mol. The molecule has 0 atom stereocenters. The van der Waals surface area contributed by atoms with E-state index in [-0.39, 0.29) is 10.8 Å². The highest BCUT2D eigenvalue weighted by Crippen LogP contribution is 2.28. The minimum Gasteiger partial charge on any atom is -0.462 e. The van der Waals surface area contributed by atoms with Crippen LogP contribution in [-0.4, -0.2) is 49.9 Å². The van der Waals surface area contributed by atoms with Gasteiger partial charge in [0.1, 0.15) is 0 Å². The maximum Gasteiger partial charge on any atom is 0.251 e. The minimum absolute atomic E-state index is 0.169. The smallest absolute Gasteiger partial charge is 0.251 e. The Labute approximate surface area is 178 Å². The molecule has 0 unspecified atom stereocenters. The van der Waals surface area contributed by atoms with Gasteiger partial charge in [-0.2, -0.15) is 4.31 Å². The van der Waals surface area contributed by atoms with Gasteiger partial charge in [-0.3, -0.25) is 4.79 Å². The molecule has 3 aromatic rings. The number of ether oxygens (including phenoxy) is 1. The average Bonchev–Trinajstić information content (AvgIpc) is 3.42. The van der Waals surface area contributed by atoms with E-state index in [9.17, 15) is 13.2 Å². The fourth-order valence-electron chi connectivity index (χ4n) is 3.07. The van der Waals surface area contributed by atoms with Crippen LogP contribution in [0.1, 0.15) is 20.9 Å². The molecule has 1 aliphatic rings.